The highest BCUT2D eigenvalue weighted by Crippen LogP contribution is 2.22. The summed E-state index contributed by atoms with van der Waals surface area (Å²) in [4.78, 5) is 23.9. The Hall–Kier alpha value is -1.18. The van der Waals surface area contributed by atoms with Crippen molar-refractivity contribution >= 4 is 27.5 Å². The van der Waals surface area contributed by atoms with Crippen LogP contribution >= 0.6 is 15.9 Å². The molecule has 0 spiro atoms. The molecule has 0 aliphatic carbocycles. The lowest BCUT2D eigenvalue weighted by atomic mass is 9.93. The van der Waals surface area contributed by atoms with Gasteiger partial charge in [0.25, 0.3) is 11.5 Å². The number of aromatic nitrogens is 1. The third kappa shape index (κ3) is 3.05. The summed E-state index contributed by atoms with van der Waals surface area (Å²) in [6.45, 7) is 0.667. The SMILES string of the molecule is Cn1cc(Br)cc(NC(=O)C2(O)CCOCC2)c1=O. The van der Waals surface area contributed by atoms with Crippen LogP contribution in [-0.2, 0) is 16.6 Å². The Morgan fingerprint density at radius 1 is 1.53 bits per heavy atom. The number of halogens is 1. The molecule has 0 aromatic carbocycles. The average molecular weight is 331 g/mol. The topological polar surface area (TPSA) is 80.6 Å². The molecule has 7 heteroatoms. The molecule has 0 unspecified atom stereocenters. The Labute approximate surface area is 118 Å². The number of aliphatic hydroxyl groups is 1. The van der Waals surface area contributed by atoms with Gasteiger partial charge < -0.3 is 19.7 Å². The van der Waals surface area contributed by atoms with Crippen LogP contribution in [0.15, 0.2) is 21.5 Å². The maximum Gasteiger partial charge on any atom is 0.274 e. The fourth-order valence-electron chi connectivity index (χ4n) is 1.93. The number of rotatable bonds is 2. The maximum absolute atomic E-state index is 12.1. The minimum Gasteiger partial charge on any atom is -0.381 e. The summed E-state index contributed by atoms with van der Waals surface area (Å²) in [5, 5.41) is 12.7. The van der Waals surface area contributed by atoms with Crippen LogP contribution in [0.25, 0.3) is 0 Å². The highest BCUT2D eigenvalue weighted by Gasteiger charge is 2.38. The van der Waals surface area contributed by atoms with Gasteiger partial charge in [-0.05, 0) is 22.0 Å². The van der Waals surface area contributed by atoms with Gasteiger partial charge in [-0.3, -0.25) is 9.59 Å². The smallest absolute Gasteiger partial charge is 0.274 e. The molecule has 0 atom stereocenters. The van der Waals surface area contributed by atoms with Gasteiger partial charge in [0, 0.05) is 43.8 Å². The van der Waals surface area contributed by atoms with Crippen molar-refractivity contribution in [3.63, 3.8) is 0 Å². The Balaban J connectivity index is 2.21. The normalized spacial score (nSPS) is 18.1. The van der Waals surface area contributed by atoms with Crippen LogP contribution < -0.4 is 10.9 Å². The van der Waals surface area contributed by atoms with E-state index in [0.717, 1.165) is 0 Å². The molecule has 104 valence electrons. The summed E-state index contributed by atoms with van der Waals surface area (Å²) in [6, 6.07) is 1.52. The van der Waals surface area contributed by atoms with Crippen molar-refractivity contribution in [3.05, 3.63) is 27.1 Å². The lowest BCUT2D eigenvalue weighted by Gasteiger charge is -2.30. The number of hydrogen-bond donors (Lipinski definition) is 2. The first-order chi connectivity index (χ1) is 8.92. The van der Waals surface area contributed by atoms with Crippen LogP contribution in [-0.4, -0.2) is 34.4 Å². The number of nitrogens with one attached hydrogen (secondary N) is 1. The minimum absolute atomic E-state index is 0.141. The molecule has 1 amide bonds. The van der Waals surface area contributed by atoms with Gasteiger partial charge in [-0.15, -0.1) is 0 Å². The summed E-state index contributed by atoms with van der Waals surface area (Å²) < 4.78 is 7.14. The monoisotopic (exact) mass is 330 g/mol. The molecule has 0 radical (unpaired) electrons. The summed E-state index contributed by atoms with van der Waals surface area (Å²) in [5.74, 6) is -0.564. The van der Waals surface area contributed by atoms with Crippen molar-refractivity contribution in [3.8, 4) is 0 Å². The van der Waals surface area contributed by atoms with E-state index in [1.54, 1.807) is 13.2 Å². The van der Waals surface area contributed by atoms with Crippen LogP contribution in [0.1, 0.15) is 12.8 Å². The molecule has 2 N–H and O–H groups in total. The number of ether oxygens (including phenoxy) is 1. The van der Waals surface area contributed by atoms with Gasteiger partial charge in [0.1, 0.15) is 11.3 Å². The van der Waals surface area contributed by atoms with Gasteiger partial charge in [0.05, 0.1) is 0 Å². The third-order valence-corrected chi connectivity index (χ3v) is 3.57. The summed E-state index contributed by atoms with van der Waals surface area (Å²) in [6.07, 6.45) is 2.06. The third-order valence-electron chi connectivity index (χ3n) is 3.14. The number of nitrogens with zero attached hydrogens (tertiary/aromatic N) is 1. The first-order valence-electron chi connectivity index (χ1n) is 5.90. The molecule has 1 aliphatic heterocycles. The average Bonchev–Trinajstić information content (AvgIpc) is 2.36. The standard InChI is InChI=1S/C12H15BrN2O4/c1-15-7-8(13)6-9(10(15)16)14-11(17)12(18)2-4-19-5-3-12/h6-7,18H,2-5H2,1H3,(H,14,17). The van der Waals surface area contributed by atoms with E-state index in [-0.39, 0.29) is 24.1 Å². The van der Waals surface area contributed by atoms with Crippen LogP contribution in [0.4, 0.5) is 5.69 Å². The summed E-state index contributed by atoms with van der Waals surface area (Å²) >= 11 is 3.25. The summed E-state index contributed by atoms with van der Waals surface area (Å²) in [5.41, 5.74) is -1.65. The Morgan fingerprint density at radius 3 is 2.79 bits per heavy atom. The molecule has 1 aliphatic rings. The highest BCUT2D eigenvalue weighted by molar-refractivity contribution is 9.10. The minimum atomic E-state index is -1.47. The molecule has 1 fully saturated rings. The van der Waals surface area contributed by atoms with E-state index in [1.807, 2.05) is 0 Å². The molecule has 1 aromatic rings. The van der Waals surface area contributed by atoms with Crippen LogP contribution in [0.2, 0.25) is 0 Å². The number of amides is 1. The van der Waals surface area contributed by atoms with E-state index in [2.05, 4.69) is 21.2 Å². The quantitative estimate of drug-likeness (QED) is 0.833. The second-order valence-electron chi connectivity index (χ2n) is 4.59. The Morgan fingerprint density at radius 2 is 2.16 bits per heavy atom. The van der Waals surface area contributed by atoms with Crippen molar-refractivity contribution in [2.45, 2.75) is 18.4 Å². The lowest BCUT2D eigenvalue weighted by Crippen LogP contribution is -2.47. The van der Waals surface area contributed by atoms with Crippen LogP contribution in [0.3, 0.4) is 0 Å². The zero-order valence-electron chi connectivity index (χ0n) is 10.5. The van der Waals surface area contributed by atoms with Crippen molar-refractivity contribution in [1.29, 1.82) is 0 Å². The fraction of sp³-hybridized carbons (Fsp3) is 0.500. The van der Waals surface area contributed by atoms with E-state index < -0.39 is 11.5 Å². The van der Waals surface area contributed by atoms with Crippen molar-refractivity contribution in [1.82, 2.24) is 4.57 Å². The van der Waals surface area contributed by atoms with Crippen molar-refractivity contribution in [2.75, 3.05) is 18.5 Å². The predicted molar refractivity (Wildman–Crippen MR) is 73.0 cm³/mol. The fourth-order valence-corrected chi connectivity index (χ4v) is 2.47. The van der Waals surface area contributed by atoms with Crippen LogP contribution in [0, 0.1) is 0 Å². The van der Waals surface area contributed by atoms with E-state index in [4.69, 9.17) is 4.74 Å². The van der Waals surface area contributed by atoms with E-state index in [1.165, 1.54) is 10.6 Å². The van der Waals surface area contributed by atoms with Gasteiger partial charge in [-0.1, -0.05) is 0 Å². The van der Waals surface area contributed by atoms with Gasteiger partial charge in [-0.25, -0.2) is 0 Å². The maximum atomic E-state index is 12.1. The second-order valence-corrected chi connectivity index (χ2v) is 5.50. The number of pyridine rings is 1. The predicted octanol–water partition coefficient (Wildman–Crippen LogP) is 0.628. The number of anilines is 1. The van der Waals surface area contributed by atoms with Crippen molar-refractivity contribution < 1.29 is 14.6 Å². The number of carbonyl (C=O) groups is 1. The number of carbonyl (C=O) groups excluding carboxylic acids is 1. The molecule has 1 aromatic heterocycles. The van der Waals surface area contributed by atoms with Crippen molar-refractivity contribution in [2.24, 2.45) is 7.05 Å². The molecule has 6 nitrogen and oxygen atoms in total. The first-order valence-corrected chi connectivity index (χ1v) is 6.69. The molecule has 2 heterocycles. The van der Waals surface area contributed by atoms with Gasteiger partial charge in [0.15, 0.2) is 0 Å². The highest BCUT2D eigenvalue weighted by atomic mass is 79.9. The first kappa shape index (κ1) is 14.2. The van der Waals surface area contributed by atoms with E-state index >= 15 is 0 Å². The van der Waals surface area contributed by atoms with Gasteiger partial charge in [0.2, 0.25) is 0 Å². The Kier molecular flexibility index (Phi) is 4.07. The number of aryl methyl sites for hydroxylation is 1. The molecule has 1 saturated heterocycles. The lowest BCUT2D eigenvalue weighted by molar-refractivity contribution is -0.143. The van der Waals surface area contributed by atoms with Gasteiger partial charge in [-0.2, -0.15) is 0 Å². The zero-order valence-corrected chi connectivity index (χ0v) is 12.1. The molecule has 19 heavy (non-hydrogen) atoms. The Bertz CT molecular complexity index is 549. The van der Waals surface area contributed by atoms with Gasteiger partial charge >= 0.3 is 0 Å². The van der Waals surface area contributed by atoms with E-state index in [0.29, 0.717) is 17.7 Å². The molecule has 0 saturated carbocycles. The molecule has 0 bridgehead atoms. The van der Waals surface area contributed by atoms with E-state index in [9.17, 15) is 14.7 Å². The van der Waals surface area contributed by atoms with Crippen LogP contribution in [0.5, 0.6) is 0 Å². The largest absolute Gasteiger partial charge is 0.381 e. The summed E-state index contributed by atoms with van der Waals surface area (Å²) in [7, 11) is 1.59. The zero-order chi connectivity index (χ0) is 14.0. The molecular formula is C12H15BrN2O4. The molecule has 2 rings (SSSR count). The second kappa shape index (κ2) is 5.44. The molecular weight excluding hydrogens is 316 g/mol. The number of hydrogen-bond acceptors (Lipinski definition) is 4.